The lowest BCUT2D eigenvalue weighted by Gasteiger charge is -2.29. The standard InChI is InChI=1S/C13H19NO2/c1-10(9-12(15)16)13(14(2)3)11-7-5-4-6-8-11/h4-8,10,13H,9H2,1-3H3,(H,15,16). The molecule has 3 heteroatoms. The zero-order valence-electron chi connectivity index (χ0n) is 10.1. The van der Waals surface area contributed by atoms with Crippen molar-refractivity contribution in [1.82, 2.24) is 4.90 Å². The Kier molecular flexibility index (Phi) is 4.50. The van der Waals surface area contributed by atoms with Crippen LogP contribution in [0.4, 0.5) is 0 Å². The summed E-state index contributed by atoms with van der Waals surface area (Å²) in [7, 11) is 3.96. The molecule has 1 N–H and O–H groups in total. The van der Waals surface area contributed by atoms with Gasteiger partial charge in [0.05, 0.1) is 0 Å². The average Bonchev–Trinajstić information content (AvgIpc) is 2.17. The topological polar surface area (TPSA) is 40.5 Å². The lowest BCUT2D eigenvalue weighted by Crippen LogP contribution is -2.27. The Morgan fingerprint density at radius 1 is 1.31 bits per heavy atom. The van der Waals surface area contributed by atoms with Crippen molar-refractivity contribution < 1.29 is 9.90 Å². The molecule has 0 aliphatic carbocycles. The number of carbonyl (C=O) groups is 1. The van der Waals surface area contributed by atoms with Crippen molar-refractivity contribution in [2.24, 2.45) is 5.92 Å². The van der Waals surface area contributed by atoms with Crippen molar-refractivity contribution in [2.45, 2.75) is 19.4 Å². The molecule has 3 nitrogen and oxygen atoms in total. The van der Waals surface area contributed by atoms with Crippen LogP contribution in [0.1, 0.15) is 24.9 Å². The fourth-order valence-electron chi connectivity index (χ4n) is 2.17. The normalized spacial score (nSPS) is 14.8. The molecule has 1 aromatic rings. The van der Waals surface area contributed by atoms with Crippen LogP contribution < -0.4 is 0 Å². The molecule has 88 valence electrons. The maximum Gasteiger partial charge on any atom is 0.303 e. The molecule has 2 unspecified atom stereocenters. The molecule has 0 amide bonds. The third-order valence-electron chi connectivity index (χ3n) is 2.73. The van der Waals surface area contributed by atoms with E-state index >= 15 is 0 Å². The molecule has 0 saturated carbocycles. The summed E-state index contributed by atoms with van der Waals surface area (Å²) in [4.78, 5) is 12.8. The van der Waals surface area contributed by atoms with E-state index in [0.29, 0.717) is 0 Å². The summed E-state index contributed by atoms with van der Waals surface area (Å²) in [5.74, 6) is -0.648. The molecule has 2 atom stereocenters. The Bertz CT molecular complexity index is 335. The number of hydrogen-bond acceptors (Lipinski definition) is 2. The van der Waals surface area contributed by atoms with Crippen molar-refractivity contribution in [3.05, 3.63) is 35.9 Å². The molecule has 1 aromatic carbocycles. The molecule has 1 rings (SSSR count). The summed E-state index contributed by atoms with van der Waals surface area (Å²) in [6.45, 7) is 1.98. The van der Waals surface area contributed by atoms with Gasteiger partial charge >= 0.3 is 5.97 Å². The van der Waals surface area contributed by atoms with E-state index in [-0.39, 0.29) is 18.4 Å². The van der Waals surface area contributed by atoms with E-state index in [4.69, 9.17) is 5.11 Å². The van der Waals surface area contributed by atoms with Crippen LogP contribution in [-0.4, -0.2) is 30.1 Å². The van der Waals surface area contributed by atoms with Crippen molar-refractivity contribution in [1.29, 1.82) is 0 Å². The van der Waals surface area contributed by atoms with E-state index in [0.717, 1.165) is 0 Å². The van der Waals surface area contributed by atoms with Crippen LogP contribution in [0.25, 0.3) is 0 Å². The van der Waals surface area contributed by atoms with Crippen LogP contribution in [0, 0.1) is 5.92 Å². The van der Waals surface area contributed by atoms with Gasteiger partial charge in [0, 0.05) is 12.5 Å². The molecule has 16 heavy (non-hydrogen) atoms. The van der Waals surface area contributed by atoms with Gasteiger partial charge in [-0.2, -0.15) is 0 Å². The predicted octanol–water partition coefficient (Wildman–Crippen LogP) is 2.40. The summed E-state index contributed by atoms with van der Waals surface area (Å²) in [6, 6.07) is 10.2. The molecule has 0 radical (unpaired) electrons. The summed E-state index contributed by atoms with van der Waals surface area (Å²) in [5, 5.41) is 8.84. The van der Waals surface area contributed by atoms with Crippen LogP contribution in [0.2, 0.25) is 0 Å². The summed E-state index contributed by atoms with van der Waals surface area (Å²) in [5.41, 5.74) is 1.17. The van der Waals surface area contributed by atoms with Gasteiger partial charge in [-0.05, 0) is 25.6 Å². The Morgan fingerprint density at radius 3 is 2.31 bits per heavy atom. The van der Waals surface area contributed by atoms with Crippen LogP contribution >= 0.6 is 0 Å². The van der Waals surface area contributed by atoms with Gasteiger partial charge in [-0.25, -0.2) is 0 Å². The Balaban J connectivity index is 2.87. The minimum absolute atomic E-state index is 0.0925. The predicted molar refractivity (Wildman–Crippen MR) is 64.3 cm³/mol. The summed E-state index contributed by atoms with van der Waals surface area (Å²) < 4.78 is 0. The van der Waals surface area contributed by atoms with Gasteiger partial charge in [-0.3, -0.25) is 4.79 Å². The molecule has 0 spiro atoms. The van der Waals surface area contributed by atoms with Crippen LogP contribution in [0.5, 0.6) is 0 Å². The fraction of sp³-hybridized carbons (Fsp3) is 0.462. The number of nitrogens with zero attached hydrogens (tertiary/aromatic N) is 1. The Hall–Kier alpha value is -1.35. The zero-order chi connectivity index (χ0) is 12.1. The first-order valence-electron chi connectivity index (χ1n) is 5.45. The first kappa shape index (κ1) is 12.7. The molecule has 0 fully saturated rings. The smallest absolute Gasteiger partial charge is 0.303 e. The quantitative estimate of drug-likeness (QED) is 0.830. The van der Waals surface area contributed by atoms with E-state index in [9.17, 15) is 4.79 Å². The highest BCUT2D eigenvalue weighted by atomic mass is 16.4. The molecule has 0 saturated heterocycles. The lowest BCUT2D eigenvalue weighted by atomic mass is 9.91. The Labute approximate surface area is 96.7 Å². The van der Waals surface area contributed by atoms with E-state index in [1.165, 1.54) is 5.56 Å². The third kappa shape index (κ3) is 3.35. The third-order valence-corrected chi connectivity index (χ3v) is 2.73. The number of benzene rings is 1. The number of carboxylic acid groups (broad SMARTS) is 1. The number of hydrogen-bond donors (Lipinski definition) is 1. The van der Waals surface area contributed by atoms with Gasteiger partial charge in [-0.15, -0.1) is 0 Å². The van der Waals surface area contributed by atoms with Crippen molar-refractivity contribution in [3.63, 3.8) is 0 Å². The number of aliphatic carboxylic acids is 1. The monoisotopic (exact) mass is 221 g/mol. The highest BCUT2D eigenvalue weighted by molar-refractivity contribution is 5.67. The lowest BCUT2D eigenvalue weighted by molar-refractivity contribution is -0.138. The van der Waals surface area contributed by atoms with Crippen molar-refractivity contribution in [3.8, 4) is 0 Å². The molecule has 0 aliphatic rings. The first-order valence-corrected chi connectivity index (χ1v) is 5.45. The average molecular weight is 221 g/mol. The number of rotatable bonds is 5. The maximum atomic E-state index is 10.7. The van der Waals surface area contributed by atoms with Crippen molar-refractivity contribution in [2.75, 3.05) is 14.1 Å². The highest BCUT2D eigenvalue weighted by Gasteiger charge is 2.23. The molecule has 0 aromatic heterocycles. The van der Waals surface area contributed by atoms with E-state index in [1.54, 1.807) is 0 Å². The second-order valence-electron chi connectivity index (χ2n) is 4.39. The van der Waals surface area contributed by atoms with Gasteiger partial charge in [0.15, 0.2) is 0 Å². The summed E-state index contributed by atoms with van der Waals surface area (Å²) in [6.07, 6.45) is 0.192. The minimum Gasteiger partial charge on any atom is -0.481 e. The van der Waals surface area contributed by atoms with Gasteiger partial charge in [0.25, 0.3) is 0 Å². The van der Waals surface area contributed by atoms with Gasteiger partial charge < -0.3 is 10.0 Å². The second-order valence-corrected chi connectivity index (χ2v) is 4.39. The molecule has 0 bridgehead atoms. The van der Waals surface area contributed by atoms with Crippen LogP contribution in [0.15, 0.2) is 30.3 Å². The fourth-order valence-corrected chi connectivity index (χ4v) is 2.17. The first-order chi connectivity index (χ1) is 7.52. The van der Waals surface area contributed by atoms with Crippen LogP contribution in [-0.2, 0) is 4.79 Å². The van der Waals surface area contributed by atoms with Gasteiger partial charge in [-0.1, -0.05) is 37.3 Å². The minimum atomic E-state index is -0.740. The Morgan fingerprint density at radius 2 is 1.88 bits per heavy atom. The van der Waals surface area contributed by atoms with Gasteiger partial charge in [0.1, 0.15) is 0 Å². The van der Waals surface area contributed by atoms with E-state index in [2.05, 4.69) is 4.90 Å². The molecule has 0 heterocycles. The largest absolute Gasteiger partial charge is 0.481 e. The van der Waals surface area contributed by atoms with Gasteiger partial charge in [0.2, 0.25) is 0 Å². The second kappa shape index (κ2) is 5.66. The molecular formula is C13H19NO2. The number of carboxylic acids is 1. The SMILES string of the molecule is CC(CC(=O)O)C(c1ccccc1)N(C)C. The van der Waals surface area contributed by atoms with Crippen molar-refractivity contribution >= 4 is 5.97 Å². The van der Waals surface area contributed by atoms with E-state index < -0.39 is 5.97 Å². The summed E-state index contributed by atoms with van der Waals surface area (Å²) >= 11 is 0. The van der Waals surface area contributed by atoms with E-state index in [1.807, 2.05) is 51.4 Å². The van der Waals surface area contributed by atoms with Crippen LogP contribution in [0.3, 0.4) is 0 Å². The maximum absolute atomic E-state index is 10.7. The highest BCUT2D eigenvalue weighted by Crippen LogP contribution is 2.28. The molecule has 0 aliphatic heterocycles. The molecular weight excluding hydrogens is 202 g/mol. The zero-order valence-corrected chi connectivity index (χ0v) is 10.1.